The van der Waals surface area contributed by atoms with Gasteiger partial charge >= 0.3 is 41.9 Å². The zero-order valence-electron chi connectivity index (χ0n) is 31.3. The summed E-state index contributed by atoms with van der Waals surface area (Å²) in [5.74, 6) is 1.38. The fourth-order valence-electron chi connectivity index (χ4n) is 6.95. The quantitative estimate of drug-likeness (QED) is 0.124. The van der Waals surface area contributed by atoms with Crippen molar-refractivity contribution in [3.63, 3.8) is 0 Å². The van der Waals surface area contributed by atoms with Gasteiger partial charge < -0.3 is 24.8 Å². The number of hydrogen-bond donors (Lipinski definition) is 0. The van der Waals surface area contributed by atoms with E-state index in [-0.39, 0.29) is 30.2 Å². The number of halogens is 2. The van der Waals surface area contributed by atoms with Gasteiger partial charge in [-0.1, -0.05) is 130 Å². The van der Waals surface area contributed by atoms with Gasteiger partial charge in [0, 0.05) is 0 Å². The minimum Gasteiger partial charge on any atom is -1.00 e. The van der Waals surface area contributed by atoms with E-state index in [0.29, 0.717) is 5.92 Å². The van der Waals surface area contributed by atoms with Crippen molar-refractivity contribution in [2.45, 2.75) is 97.4 Å². The van der Waals surface area contributed by atoms with E-state index in [1.165, 1.54) is 85.8 Å². The van der Waals surface area contributed by atoms with Crippen LogP contribution in [0.4, 0.5) is 0 Å². The molecule has 5 heteroatoms. The standard InChI is InChI=1S/C23H25.C20H23Si.C2H6Si.2ClH.Zr/c1-16(2)17-10-12-19(13-11-17)22-9-5-8-20-14-21(15-23(20)22)18-6-3-4-7-18;1-5-15-13-17-7-6-8-19(20(17)14-15)16-9-11-18(12-10-16)21(2,3)4;1-3-2;;;/h5,8-16,18H,3-4,6-7H2,1-2H3;6-14H,5H2,1-4H3;1-2H3;2*1H;/q2*-1;;;;+2/p-2. The van der Waals surface area contributed by atoms with Gasteiger partial charge in [-0.3, -0.25) is 0 Å². The van der Waals surface area contributed by atoms with Gasteiger partial charge in [0.25, 0.3) is 0 Å². The Kier molecular flexibility index (Phi) is 16.3. The van der Waals surface area contributed by atoms with E-state index in [0.717, 1.165) is 12.3 Å². The predicted molar refractivity (Wildman–Crippen MR) is 215 cm³/mol. The van der Waals surface area contributed by atoms with Crippen LogP contribution in [0.3, 0.4) is 0 Å². The number of benzene rings is 4. The number of rotatable bonds is 6. The van der Waals surface area contributed by atoms with Gasteiger partial charge in [-0.05, 0) is 47.8 Å². The van der Waals surface area contributed by atoms with Crippen LogP contribution < -0.4 is 30.0 Å². The van der Waals surface area contributed by atoms with Crippen LogP contribution in [0.1, 0.15) is 75.0 Å². The molecule has 7 rings (SSSR count). The van der Waals surface area contributed by atoms with Crippen LogP contribution in [0.5, 0.6) is 0 Å². The molecule has 262 valence electrons. The van der Waals surface area contributed by atoms with Crippen molar-refractivity contribution in [1.29, 1.82) is 0 Å². The minimum atomic E-state index is -1.21. The Morgan fingerprint density at radius 1 is 0.720 bits per heavy atom. The van der Waals surface area contributed by atoms with Gasteiger partial charge in [-0.2, -0.15) is 12.1 Å². The summed E-state index contributed by atoms with van der Waals surface area (Å²) in [6.45, 7) is 18.5. The second-order valence-electron chi connectivity index (χ2n) is 15.2. The molecule has 6 aromatic carbocycles. The monoisotopic (exact) mass is 810 g/mol. The largest absolute Gasteiger partial charge is 1.00 e. The average molecular weight is 813 g/mol. The molecule has 0 atom stereocenters. The molecule has 1 aliphatic carbocycles. The Morgan fingerprint density at radius 3 is 1.68 bits per heavy atom. The Balaban J connectivity index is 0.000000237. The third-order valence-electron chi connectivity index (χ3n) is 9.77. The smallest absolute Gasteiger partial charge is 1.00 e. The summed E-state index contributed by atoms with van der Waals surface area (Å²) in [4.78, 5) is 0. The summed E-state index contributed by atoms with van der Waals surface area (Å²) < 4.78 is 0. The average Bonchev–Trinajstić information content (AvgIpc) is 3.84. The maximum Gasteiger partial charge on any atom is -1.00 e. The molecule has 50 heavy (non-hydrogen) atoms. The van der Waals surface area contributed by atoms with Crippen molar-refractivity contribution >= 4 is 40.2 Å². The Labute approximate surface area is 331 Å². The Hall–Kier alpha value is -2.00. The first-order valence-corrected chi connectivity index (χ1v) is 27.7. The first-order valence-electron chi connectivity index (χ1n) is 18.0. The molecule has 1 fully saturated rings. The van der Waals surface area contributed by atoms with E-state index in [2.05, 4.69) is 163 Å². The van der Waals surface area contributed by atoms with Crippen LogP contribution >= 0.6 is 0 Å². The molecule has 0 spiro atoms. The van der Waals surface area contributed by atoms with Crippen LogP contribution in [0.2, 0.25) is 32.7 Å². The molecule has 1 aliphatic rings. The van der Waals surface area contributed by atoms with Crippen molar-refractivity contribution in [3.05, 3.63) is 126 Å². The van der Waals surface area contributed by atoms with Gasteiger partial charge in [0.15, 0.2) is 0 Å². The molecular weight excluding hydrogens is 759 g/mol. The minimum absolute atomic E-state index is 0. The van der Waals surface area contributed by atoms with E-state index in [9.17, 15) is 0 Å². The summed E-state index contributed by atoms with van der Waals surface area (Å²) in [5.41, 5.74) is 10.0. The first kappa shape index (κ1) is 42.4. The molecule has 0 heterocycles. The molecule has 0 unspecified atom stereocenters. The molecule has 0 radical (unpaired) electrons. The summed E-state index contributed by atoms with van der Waals surface area (Å²) >= 11 is 1.74. The van der Waals surface area contributed by atoms with E-state index in [1.54, 1.807) is 28.9 Å². The third kappa shape index (κ3) is 10.8. The van der Waals surface area contributed by atoms with Crippen LogP contribution in [0.25, 0.3) is 43.8 Å². The van der Waals surface area contributed by atoms with Crippen molar-refractivity contribution in [2.24, 2.45) is 0 Å². The number of hydrogen-bond acceptors (Lipinski definition) is 0. The van der Waals surface area contributed by atoms with E-state index in [1.807, 2.05) is 0 Å². The van der Waals surface area contributed by atoms with E-state index in [4.69, 9.17) is 0 Å². The summed E-state index contributed by atoms with van der Waals surface area (Å²) in [7, 11) is -1.21. The summed E-state index contributed by atoms with van der Waals surface area (Å²) in [6.07, 6.45) is 6.64. The van der Waals surface area contributed by atoms with Gasteiger partial charge in [-0.15, -0.1) is 69.1 Å². The second-order valence-corrected chi connectivity index (χ2v) is 29.7. The zero-order chi connectivity index (χ0) is 34.4. The van der Waals surface area contributed by atoms with E-state index >= 15 is 0 Å². The van der Waals surface area contributed by atoms with E-state index < -0.39 is 8.07 Å². The fraction of sp³-hybridized carbons (Fsp3) is 0.333. The van der Waals surface area contributed by atoms with Crippen molar-refractivity contribution in [1.82, 2.24) is 0 Å². The third-order valence-corrected chi connectivity index (χ3v) is 11.8. The number of aryl methyl sites for hydroxylation is 1. The SMILES string of the molecule is CC(C)c1ccc(-c2cccc3[cH-]c(C4CCCC4)cc23)cc1.CCc1cc2c(-c3ccc([Si](C)(C)C)cc3)cccc2[cH-]1.C[Si](C)=[Zr+2].[Cl-].[Cl-]. The summed E-state index contributed by atoms with van der Waals surface area (Å²) in [5, 5.41) is 7.09. The Morgan fingerprint density at radius 2 is 1.20 bits per heavy atom. The van der Waals surface area contributed by atoms with Gasteiger partial charge in [0.2, 0.25) is 0 Å². The van der Waals surface area contributed by atoms with Crippen molar-refractivity contribution < 1.29 is 48.1 Å². The fourth-order valence-corrected chi connectivity index (χ4v) is 8.12. The van der Waals surface area contributed by atoms with Crippen LogP contribution in [-0.2, 0) is 29.8 Å². The topological polar surface area (TPSA) is 0 Å². The van der Waals surface area contributed by atoms with Crippen molar-refractivity contribution in [3.8, 4) is 22.3 Å². The second kappa shape index (κ2) is 19.2. The first-order chi connectivity index (χ1) is 22.9. The molecule has 0 aliphatic heterocycles. The van der Waals surface area contributed by atoms with Crippen LogP contribution in [0, 0.1) is 0 Å². The molecule has 1 saturated carbocycles. The van der Waals surface area contributed by atoms with Gasteiger partial charge in [0.05, 0.1) is 8.07 Å². The summed E-state index contributed by atoms with van der Waals surface area (Å²) in [6, 6.07) is 41.3. The van der Waals surface area contributed by atoms with Gasteiger partial charge in [0.1, 0.15) is 0 Å². The molecule has 0 N–H and O–H groups in total. The maximum absolute atomic E-state index is 2.46. The Bertz CT molecular complexity index is 1950. The van der Waals surface area contributed by atoms with Crippen molar-refractivity contribution in [2.75, 3.05) is 0 Å². The molecule has 6 aromatic rings. The molecule has 0 nitrogen and oxygen atoms in total. The molecule has 0 saturated heterocycles. The van der Waals surface area contributed by atoms with Crippen LogP contribution in [-0.4, -0.2) is 13.5 Å². The van der Waals surface area contributed by atoms with Gasteiger partial charge in [-0.25, -0.2) is 0 Å². The number of fused-ring (bicyclic) bond motifs is 2. The normalized spacial score (nSPS) is 12.9. The molecule has 0 aromatic heterocycles. The van der Waals surface area contributed by atoms with Crippen LogP contribution in [0.15, 0.2) is 109 Å². The molecule has 0 amide bonds. The predicted octanol–water partition coefficient (Wildman–Crippen LogP) is 7.13. The zero-order valence-corrected chi connectivity index (χ0v) is 37.3. The molecular formula is C45H54Cl2Si2Zr-2. The maximum atomic E-state index is 2.46. The molecule has 0 bridgehead atoms.